The predicted octanol–water partition coefficient (Wildman–Crippen LogP) is 1.99. The van der Waals surface area contributed by atoms with Crippen molar-refractivity contribution in [1.29, 1.82) is 0 Å². The van der Waals surface area contributed by atoms with Gasteiger partial charge in [0.1, 0.15) is 0 Å². The SMILES string of the molecule is COc1cc(C(C)NC(=O)NCCC(=O)NC(C)C)cc(OC)c1OC. The third-order valence-electron chi connectivity index (χ3n) is 3.62. The quantitative estimate of drug-likeness (QED) is 0.620. The van der Waals surface area contributed by atoms with Gasteiger partial charge in [0.2, 0.25) is 11.7 Å². The Morgan fingerprint density at radius 3 is 2.00 bits per heavy atom. The largest absolute Gasteiger partial charge is 0.493 e. The fourth-order valence-electron chi connectivity index (χ4n) is 2.37. The Morgan fingerprint density at radius 1 is 0.962 bits per heavy atom. The van der Waals surface area contributed by atoms with Gasteiger partial charge in [-0.15, -0.1) is 0 Å². The first kappa shape index (κ1) is 21.4. The molecular weight excluding hydrogens is 338 g/mol. The molecule has 8 heteroatoms. The monoisotopic (exact) mass is 367 g/mol. The smallest absolute Gasteiger partial charge is 0.315 e. The van der Waals surface area contributed by atoms with E-state index in [0.717, 1.165) is 5.56 Å². The molecule has 0 aliphatic rings. The first-order chi connectivity index (χ1) is 12.3. The number of nitrogens with one attached hydrogen (secondary N) is 3. The molecule has 0 aromatic heterocycles. The van der Waals surface area contributed by atoms with Gasteiger partial charge in [0.05, 0.1) is 27.4 Å². The van der Waals surface area contributed by atoms with Crippen LogP contribution in [-0.2, 0) is 4.79 Å². The number of hydrogen-bond acceptors (Lipinski definition) is 5. The zero-order chi connectivity index (χ0) is 19.7. The molecule has 3 N–H and O–H groups in total. The summed E-state index contributed by atoms with van der Waals surface area (Å²) >= 11 is 0. The first-order valence-electron chi connectivity index (χ1n) is 8.46. The molecule has 1 unspecified atom stereocenters. The van der Waals surface area contributed by atoms with E-state index in [9.17, 15) is 9.59 Å². The lowest BCUT2D eigenvalue weighted by Gasteiger charge is -2.19. The topological polar surface area (TPSA) is 97.9 Å². The number of ether oxygens (including phenoxy) is 3. The number of urea groups is 1. The Kier molecular flexibility index (Phi) is 8.54. The van der Waals surface area contributed by atoms with Crippen molar-refractivity contribution in [2.45, 2.75) is 39.3 Å². The summed E-state index contributed by atoms with van der Waals surface area (Å²) < 4.78 is 15.9. The number of amides is 3. The second-order valence-electron chi connectivity index (χ2n) is 6.05. The molecule has 26 heavy (non-hydrogen) atoms. The standard InChI is InChI=1S/C18H29N3O5/c1-11(2)20-16(22)7-8-19-18(23)21-12(3)13-9-14(24-4)17(26-6)15(10-13)25-5/h9-12H,7-8H2,1-6H3,(H,20,22)(H2,19,21,23). The van der Waals surface area contributed by atoms with E-state index < -0.39 is 0 Å². The molecule has 1 aromatic rings. The fraction of sp³-hybridized carbons (Fsp3) is 0.556. The van der Waals surface area contributed by atoms with Crippen LogP contribution < -0.4 is 30.2 Å². The molecule has 0 spiro atoms. The van der Waals surface area contributed by atoms with Gasteiger partial charge in [0, 0.05) is 19.0 Å². The number of carbonyl (C=O) groups excluding carboxylic acids is 2. The first-order valence-corrected chi connectivity index (χ1v) is 8.46. The van der Waals surface area contributed by atoms with Crippen molar-refractivity contribution in [2.75, 3.05) is 27.9 Å². The lowest BCUT2D eigenvalue weighted by molar-refractivity contribution is -0.121. The summed E-state index contributed by atoms with van der Waals surface area (Å²) in [4.78, 5) is 23.6. The van der Waals surface area contributed by atoms with Crippen molar-refractivity contribution in [1.82, 2.24) is 16.0 Å². The summed E-state index contributed by atoms with van der Waals surface area (Å²) in [5, 5.41) is 8.26. The Morgan fingerprint density at radius 2 is 1.54 bits per heavy atom. The van der Waals surface area contributed by atoms with Gasteiger partial charge < -0.3 is 30.2 Å². The maximum Gasteiger partial charge on any atom is 0.315 e. The number of rotatable bonds is 9. The average Bonchev–Trinajstić information content (AvgIpc) is 2.59. The molecular formula is C18H29N3O5. The highest BCUT2D eigenvalue weighted by atomic mass is 16.5. The number of benzene rings is 1. The van der Waals surface area contributed by atoms with Gasteiger partial charge in [-0.3, -0.25) is 4.79 Å². The van der Waals surface area contributed by atoms with Gasteiger partial charge in [-0.25, -0.2) is 4.79 Å². The Hall–Kier alpha value is -2.64. The predicted molar refractivity (Wildman–Crippen MR) is 98.9 cm³/mol. The van der Waals surface area contributed by atoms with Gasteiger partial charge in [-0.1, -0.05) is 0 Å². The van der Waals surface area contributed by atoms with E-state index in [4.69, 9.17) is 14.2 Å². The summed E-state index contributed by atoms with van der Waals surface area (Å²) in [6.45, 7) is 5.87. The molecule has 0 heterocycles. The van der Waals surface area contributed by atoms with E-state index in [0.29, 0.717) is 17.2 Å². The van der Waals surface area contributed by atoms with Gasteiger partial charge in [0.25, 0.3) is 0 Å². The molecule has 0 bridgehead atoms. The van der Waals surface area contributed by atoms with E-state index in [-0.39, 0.29) is 37.0 Å². The molecule has 1 rings (SSSR count). The zero-order valence-corrected chi connectivity index (χ0v) is 16.3. The van der Waals surface area contributed by atoms with E-state index in [1.165, 1.54) is 21.3 Å². The van der Waals surface area contributed by atoms with Crippen molar-refractivity contribution < 1.29 is 23.8 Å². The Labute approximate surface area is 154 Å². The number of methoxy groups -OCH3 is 3. The molecule has 0 fully saturated rings. The molecule has 1 atom stereocenters. The van der Waals surface area contributed by atoms with Crippen LogP contribution in [0.5, 0.6) is 17.2 Å². The molecule has 0 aliphatic heterocycles. The van der Waals surface area contributed by atoms with Crippen molar-refractivity contribution in [2.24, 2.45) is 0 Å². The van der Waals surface area contributed by atoms with Gasteiger partial charge in [-0.2, -0.15) is 0 Å². The van der Waals surface area contributed by atoms with Crippen LogP contribution in [0.15, 0.2) is 12.1 Å². The molecule has 0 radical (unpaired) electrons. The third kappa shape index (κ3) is 6.34. The van der Waals surface area contributed by atoms with Crippen molar-refractivity contribution in [3.63, 3.8) is 0 Å². The van der Waals surface area contributed by atoms with Crippen LogP contribution in [0, 0.1) is 0 Å². The summed E-state index contributed by atoms with van der Waals surface area (Å²) in [5.74, 6) is 1.42. The molecule has 0 aliphatic carbocycles. The number of carbonyl (C=O) groups is 2. The van der Waals surface area contributed by atoms with Crippen LogP contribution in [-0.4, -0.2) is 45.9 Å². The van der Waals surface area contributed by atoms with E-state index in [2.05, 4.69) is 16.0 Å². The third-order valence-corrected chi connectivity index (χ3v) is 3.62. The van der Waals surface area contributed by atoms with Crippen molar-refractivity contribution in [3.05, 3.63) is 17.7 Å². The average molecular weight is 367 g/mol. The molecule has 8 nitrogen and oxygen atoms in total. The highest BCUT2D eigenvalue weighted by Gasteiger charge is 2.17. The van der Waals surface area contributed by atoms with Crippen molar-refractivity contribution in [3.8, 4) is 17.2 Å². The summed E-state index contributed by atoms with van der Waals surface area (Å²) in [6.07, 6.45) is 0.226. The van der Waals surface area contributed by atoms with Crippen LogP contribution in [0.25, 0.3) is 0 Å². The van der Waals surface area contributed by atoms with Gasteiger partial charge >= 0.3 is 6.03 Å². The number of hydrogen-bond donors (Lipinski definition) is 3. The second-order valence-corrected chi connectivity index (χ2v) is 6.05. The van der Waals surface area contributed by atoms with Crippen LogP contribution in [0.3, 0.4) is 0 Å². The van der Waals surface area contributed by atoms with Crippen LogP contribution in [0.1, 0.15) is 38.8 Å². The minimum absolute atomic E-state index is 0.0800. The maximum absolute atomic E-state index is 12.0. The highest BCUT2D eigenvalue weighted by Crippen LogP contribution is 2.39. The molecule has 3 amide bonds. The second kappa shape index (κ2) is 10.4. The zero-order valence-electron chi connectivity index (χ0n) is 16.3. The molecule has 1 aromatic carbocycles. The van der Waals surface area contributed by atoms with Crippen LogP contribution in [0.2, 0.25) is 0 Å². The lowest BCUT2D eigenvalue weighted by Crippen LogP contribution is -2.39. The summed E-state index contributed by atoms with van der Waals surface area (Å²) in [7, 11) is 4.60. The highest BCUT2D eigenvalue weighted by molar-refractivity contribution is 5.78. The summed E-state index contributed by atoms with van der Waals surface area (Å²) in [6, 6.07) is 2.98. The van der Waals surface area contributed by atoms with Gasteiger partial charge in [-0.05, 0) is 38.5 Å². The van der Waals surface area contributed by atoms with Crippen LogP contribution >= 0.6 is 0 Å². The minimum Gasteiger partial charge on any atom is -0.493 e. The Bertz CT molecular complexity index is 594. The maximum atomic E-state index is 12.0. The lowest BCUT2D eigenvalue weighted by atomic mass is 10.1. The van der Waals surface area contributed by atoms with E-state index in [1.807, 2.05) is 20.8 Å². The van der Waals surface area contributed by atoms with Crippen LogP contribution in [0.4, 0.5) is 4.79 Å². The van der Waals surface area contributed by atoms with Crippen molar-refractivity contribution >= 4 is 11.9 Å². The molecule has 0 saturated heterocycles. The normalized spacial score (nSPS) is 11.5. The fourth-order valence-corrected chi connectivity index (χ4v) is 2.37. The molecule has 146 valence electrons. The minimum atomic E-state index is -0.358. The van der Waals surface area contributed by atoms with E-state index in [1.54, 1.807) is 12.1 Å². The summed E-state index contributed by atoms with van der Waals surface area (Å²) in [5.41, 5.74) is 0.798. The Balaban J connectivity index is 2.65. The van der Waals surface area contributed by atoms with E-state index >= 15 is 0 Å². The van der Waals surface area contributed by atoms with Gasteiger partial charge in [0.15, 0.2) is 11.5 Å². The molecule has 0 saturated carbocycles.